The van der Waals surface area contributed by atoms with E-state index < -0.39 is 12.1 Å². The summed E-state index contributed by atoms with van der Waals surface area (Å²) in [5.41, 5.74) is 3.97. The minimum absolute atomic E-state index is 0.000486. The third kappa shape index (κ3) is 3.66. The van der Waals surface area contributed by atoms with Crippen LogP contribution < -0.4 is 4.74 Å². The van der Waals surface area contributed by atoms with Crippen LogP contribution in [0.2, 0.25) is 0 Å². The van der Waals surface area contributed by atoms with Gasteiger partial charge in [0.25, 0.3) is 0 Å². The Labute approximate surface area is 193 Å². The van der Waals surface area contributed by atoms with E-state index in [4.69, 9.17) is 9.47 Å². The largest absolute Gasteiger partial charge is 0.494 e. The van der Waals surface area contributed by atoms with Crippen LogP contribution in [0.4, 0.5) is 0 Å². The van der Waals surface area contributed by atoms with Crippen LogP contribution in [0.1, 0.15) is 36.2 Å². The second-order valence-electron chi connectivity index (χ2n) is 8.56. The average Bonchev–Trinajstić information content (AvgIpc) is 3.20. The summed E-state index contributed by atoms with van der Waals surface area (Å²) in [6.07, 6.45) is 1.20. The van der Waals surface area contributed by atoms with E-state index in [-0.39, 0.29) is 18.4 Å². The molecular weight excluding hydrogens is 418 g/mol. The molecule has 0 spiro atoms. The zero-order valence-electron chi connectivity index (χ0n) is 19.0. The Morgan fingerprint density at radius 2 is 1.88 bits per heavy atom. The number of hydrogen-bond acceptors (Lipinski definition) is 4. The fourth-order valence-corrected chi connectivity index (χ4v) is 5.23. The molecule has 0 bridgehead atoms. The topological polar surface area (TPSA) is 74.9 Å². The number of nitrogens with zero attached hydrogens (tertiary/aromatic N) is 2. The van der Waals surface area contributed by atoms with Crippen LogP contribution in [0.5, 0.6) is 5.75 Å². The SMILES string of the molecule is CCOc1ccccc1[C@H]1c2[nH]c3ccccc3c2C[C@H]2C(=O)N(CCCOC)CC(=O)N12. The van der Waals surface area contributed by atoms with Crippen LogP contribution in [0.25, 0.3) is 10.9 Å². The zero-order chi connectivity index (χ0) is 22.9. The number of piperazine rings is 1. The van der Waals surface area contributed by atoms with E-state index >= 15 is 0 Å². The second-order valence-corrected chi connectivity index (χ2v) is 8.56. The maximum Gasteiger partial charge on any atom is 0.246 e. The van der Waals surface area contributed by atoms with Gasteiger partial charge >= 0.3 is 0 Å². The van der Waals surface area contributed by atoms with Crippen molar-refractivity contribution < 1.29 is 19.1 Å². The van der Waals surface area contributed by atoms with Gasteiger partial charge in [0.1, 0.15) is 17.8 Å². The Kier molecular flexibility index (Phi) is 5.81. The van der Waals surface area contributed by atoms with Crippen molar-refractivity contribution in [3.63, 3.8) is 0 Å². The van der Waals surface area contributed by atoms with Gasteiger partial charge in [0.15, 0.2) is 0 Å². The Morgan fingerprint density at radius 3 is 2.70 bits per heavy atom. The number of ether oxygens (including phenoxy) is 2. The highest BCUT2D eigenvalue weighted by Gasteiger charge is 2.48. The lowest BCUT2D eigenvalue weighted by Gasteiger charge is -2.47. The summed E-state index contributed by atoms with van der Waals surface area (Å²) >= 11 is 0. The number of amides is 2. The highest BCUT2D eigenvalue weighted by molar-refractivity contribution is 5.97. The highest BCUT2D eigenvalue weighted by atomic mass is 16.5. The summed E-state index contributed by atoms with van der Waals surface area (Å²) in [4.78, 5) is 34.2. The van der Waals surface area contributed by atoms with Crippen LogP contribution in [0.15, 0.2) is 48.5 Å². The maximum atomic E-state index is 13.6. The van der Waals surface area contributed by atoms with Crippen molar-refractivity contribution >= 4 is 22.7 Å². The smallest absolute Gasteiger partial charge is 0.246 e. The summed E-state index contributed by atoms with van der Waals surface area (Å²) in [7, 11) is 1.64. The number of methoxy groups -OCH3 is 1. The van der Waals surface area contributed by atoms with Crippen LogP contribution in [0.3, 0.4) is 0 Å². The highest BCUT2D eigenvalue weighted by Crippen LogP contribution is 2.44. The van der Waals surface area contributed by atoms with Crippen molar-refractivity contribution in [1.29, 1.82) is 0 Å². The lowest BCUT2D eigenvalue weighted by molar-refractivity contribution is -0.158. The lowest BCUT2D eigenvalue weighted by atomic mass is 9.86. The standard InChI is InChI=1S/C26H29N3O4/c1-3-33-22-12-7-5-10-18(22)25-24-19(17-9-4-6-11-20(17)27-24)15-21-26(31)28(13-8-14-32-2)16-23(30)29(21)25/h4-7,9-12,21,25,27H,3,8,13-16H2,1-2H3/t21-,25-/m0/s1. The molecule has 0 saturated carbocycles. The molecule has 1 aromatic heterocycles. The first kappa shape index (κ1) is 21.5. The number of hydrogen-bond donors (Lipinski definition) is 1. The zero-order valence-corrected chi connectivity index (χ0v) is 19.0. The summed E-state index contributed by atoms with van der Waals surface area (Å²) in [5.74, 6) is 0.691. The van der Waals surface area contributed by atoms with Gasteiger partial charge in [-0.3, -0.25) is 9.59 Å². The second kappa shape index (κ2) is 8.90. The van der Waals surface area contributed by atoms with E-state index in [9.17, 15) is 9.59 Å². The number of carbonyl (C=O) groups is 2. The molecule has 5 rings (SSSR count). The number of H-pyrrole nitrogens is 1. The van der Waals surface area contributed by atoms with E-state index in [1.807, 2.05) is 49.4 Å². The van der Waals surface area contributed by atoms with Gasteiger partial charge in [-0.2, -0.15) is 0 Å². The van der Waals surface area contributed by atoms with E-state index in [0.717, 1.165) is 33.5 Å². The average molecular weight is 448 g/mol. The summed E-state index contributed by atoms with van der Waals surface area (Å²) in [5, 5.41) is 1.10. The fourth-order valence-electron chi connectivity index (χ4n) is 5.23. The van der Waals surface area contributed by atoms with Crippen molar-refractivity contribution in [2.75, 3.05) is 33.4 Å². The Balaban J connectivity index is 1.64. The third-order valence-electron chi connectivity index (χ3n) is 6.63. The Morgan fingerprint density at radius 1 is 1.09 bits per heavy atom. The molecule has 2 amide bonds. The quantitative estimate of drug-likeness (QED) is 0.564. The van der Waals surface area contributed by atoms with Gasteiger partial charge in [-0.1, -0.05) is 36.4 Å². The van der Waals surface area contributed by atoms with Crippen molar-refractivity contribution in [3.8, 4) is 5.75 Å². The first-order valence-electron chi connectivity index (χ1n) is 11.5. The minimum Gasteiger partial charge on any atom is -0.494 e. The number of carbonyl (C=O) groups excluding carboxylic acids is 2. The predicted octanol–water partition coefficient (Wildman–Crippen LogP) is 3.29. The van der Waals surface area contributed by atoms with Crippen molar-refractivity contribution in [2.24, 2.45) is 0 Å². The van der Waals surface area contributed by atoms with Crippen LogP contribution in [0, 0.1) is 0 Å². The molecular formula is C26H29N3O4. The third-order valence-corrected chi connectivity index (χ3v) is 6.63. The predicted molar refractivity (Wildman–Crippen MR) is 125 cm³/mol. The molecule has 3 heterocycles. The Hall–Kier alpha value is -3.32. The fraction of sp³-hybridized carbons (Fsp3) is 0.385. The number of aromatic amines is 1. The maximum absolute atomic E-state index is 13.6. The molecule has 3 aromatic rings. The minimum atomic E-state index is -0.541. The molecule has 1 saturated heterocycles. The molecule has 172 valence electrons. The summed E-state index contributed by atoms with van der Waals surface area (Å²) < 4.78 is 11.1. The number of para-hydroxylation sites is 2. The van der Waals surface area contributed by atoms with Crippen LogP contribution in [-0.4, -0.2) is 66.1 Å². The lowest BCUT2D eigenvalue weighted by Crippen LogP contribution is -2.63. The van der Waals surface area contributed by atoms with Crippen LogP contribution >= 0.6 is 0 Å². The molecule has 7 nitrogen and oxygen atoms in total. The van der Waals surface area contributed by atoms with Crippen molar-refractivity contribution in [1.82, 2.24) is 14.8 Å². The van der Waals surface area contributed by atoms with Crippen LogP contribution in [-0.2, 0) is 20.7 Å². The number of aromatic nitrogens is 1. The number of fused-ring (bicyclic) bond motifs is 4. The molecule has 0 radical (unpaired) electrons. The van der Waals surface area contributed by atoms with Gasteiger partial charge in [0.2, 0.25) is 11.8 Å². The molecule has 1 fully saturated rings. The van der Waals surface area contributed by atoms with E-state index in [1.54, 1.807) is 16.9 Å². The molecule has 2 aromatic carbocycles. The van der Waals surface area contributed by atoms with Gasteiger partial charge < -0.3 is 24.3 Å². The molecule has 0 unspecified atom stereocenters. The summed E-state index contributed by atoms with van der Waals surface area (Å²) in [6, 6.07) is 15.0. The normalized spacial score (nSPS) is 20.2. The molecule has 1 N–H and O–H groups in total. The number of benzene rings is 2. The molecule has 2 atom stereocenters. The number of nitrogens with one attached hydrogen (secondary N) is 1. The van der Waals surface area contributed by atoms with Crippen molar-refractivity contribution in [2.45, 2.75) is 31.8 Å². The Bertz CT molecular complexity index is 1190. The van der Waals surface area contributed by atoms with Gasteiger partial charge in [-0.15, -0.1) is 0 Å². The van der Waals surface area contributed by atoms with Gasteiger partial charge in [0, 0.05) is 48.8 Å². The van der Waals surface area contributed by atoms with Gasteiger partial charge in [-0.05, 0) is 31.0 Å². The molecule has 2 aliphatic heterocycles. The molecule has 7 heteroatoms. The van der Waals surface area contributed by atoms with E-state index in [2.05, 4.69) is 11.1 Å². The molecule has 2 aliphatic rings. The monoisotopic (exact) mass is 447 g/mol. The molecule has 33 heavy (non-hydrogen) atoms. The first-order chi connectivity index (χ1) is 16.1. The number of rotatable bonds is 7. The van der Waals surface area contributed by atoms with Crippen molar-refractivity contribution in [3.05, 3.63) is 65.4 Å². The van der Waals surface area contributed by atoms with Gasteiger partial charge in [-0.25, -0.2) is 0 Å². The first-order valence-corrected chi connectivity index (χ1v) is 11.5. The molecule has 0 aliphatic carbocycles. The summed E-state index contributed by atoms with van der Waals surface area (Å²) in [6.45, 7) is 3.63. The van der Waals surface area contributed by atoms with Gasteiger partial charge in [0.05, 0.1) is 13.2 Å². The van der Waals surface area contributed by atoms with E-state index in [0.29, 0.717) is 32.6 Å². The van der Waals surface area contributed by atoms with E-state index in [1.165, 1.54) is 0 Å².